The number of aromatic nitrogens is 2. The average Bonchev–Trinajstić information content (AvgIpc) is 3.55. The number of aromatic hydroxyl groups is 1. The fraction of sp³-hybridized carbons (Fsp3) is 0.478. The van der Waals surface area contributed by atoms with Crippen LogP contribution in [-0.2, 0) is 27.3 Å². The van der Waals surface area contributed by atoms with Crippen LogP contribution in [0.5, 0.6) is 11.5 Å². The van der Waals surface area contributed by atoms with Crippen LogP contribution in [0.25, 0.3) is 0 Å². The number of phenolic OH excluding ortho intramolecular Hbond substituents is 1. The summed E-state index contributed by atoms with van der Waals surface area (Å²) in [6, 6.07) is 0. The first-order chi connectivity index (χ1) is 15.9. The highest BCUT2D eigenvalue weighted by Gasteiger charge is 2.31. The molecule has 2 aromatic rings. The largest absolute Gasteiger partial charge is 0.507 e. The van der Waals surface area contributed by atoms with Crippen molar-refractivity contribution in [2.45, 2.75) is 58.7 Å². The van der Waals surface area contributed by atoms with Gasteiger partial charge in [0.25, 0.3) is 0 Å². The van der Waals surface area contributed by atoms with E-state index in [1.54, 1.807) is 0 Å². The lowest BCUT2D eigenvalue weighted by Crippen LogP contribution is -2.11. The van der Waals surface area contributed by atoms with Crippen LogP contribution in [-0.4, -0.2) is 40.9 Å². The number of anilines is 1. The molecule has 2 aliphatic heterocycles. The number of allylic oxidation sites excluding steroid dienone is 2. The maximum atomic E-state index is 12.3. The number of methoxy groups -OCH3 is 1. The third-order valence-corrected chi connectivity index (χ3v) is 6.87. The van der Waals surface area contributed by atoms with Crippen LogP contribution in [0.3, 0.4) is 0 Å². The number of ether oxygens (including phenoxy) is 3. The molecule has 1 saturated heterocycles. The van der Waals surface area contributed by atoms with Gasteiger partial charge in [0.15, 0.2) is 0 Å². The van der Waals surface area contributed by atoms with Crippen molar-refractivity contribution in [1.29, 1.82) is 0 Å². The Morgan fingerprint density at radius 2 is 2.18 bits per heavy atom. The summed E-state index contributed by atoms with van der Waals surface area (Å²) in [5, 5.41) is 22.9. The summed E-state index contributed by atoms with van der Waals surface area (Å²) in [6.45, 7) is 4.64. The van der Waals surface area contributed by atoms with E-state index in [1.165, 1.54) is 18.4 Å². The first kappa shape index (κ1) is 23.2. The highest BCUT2D eigenvalue weighted by molar-refractivity contribution is 7.15. The Morgan fingerprint density at radius 3 is 2.91 bits per heavy atom. The van der Waals surface area contributed by atoms with E-state index in [-0.39, 0.29) is 36.4 Å². The molecule has 1 aromatic carbocycles. The fourth-order valence-electron chi connectivity index (χ4n) is 4.09. The van der Waals surface area contributed by atoms with Crippen molar-refractivity contribution in [3.8, 4) is 11.5 Å². The Labute approximate surface area is 195 Å². The maximum absolute atomic E-state index is 12.3. The van der Waals surface area contributed by atoms with Crippen molar-refractivity contribution in [2.75, 3.05) is 19.0 Å². The molecule has 0 bridgehead atoms. The second kappa shape index (κ2) is 9.88. The van der Waals surface area contributed by atoms with Crippen LogP contribution in [0, 0.1) is 6.92 Å². The summed E-state index contributed by atoms with van der Waals surface area (Å²) >= 11 is 1.34. The zero-order valence-electron chi connectivity index (χ0n) is 18.9. The number of cyclic esters (lactones) is 1. The number of benzene rings is 1. The minimum Gasteiger partial charge on any atom is -0.507 e. The van der Waals surface area contributed by atoms with Gasteiger partial charge in [-0.05, 0) is 45.1 Å². The van der Waals surface area contributed by atoms with Crippen molar-refractivity contribution in [2.24, 2.45) is 0 Å². The van der Waals surface area contributed by atoms with Crippen LogP contribution in [0.1, 0.15) is 70.8 Å². The van der Waals surface area contributed by atoms with Gasteiger partial charge in [-0.1, -0.05) is 23.0 Å². The Kier molecular flexibility index (Phi) is 6.94. The third-order valence-electron chi connectivity index (χ3n) is 5.94. The van der Waals surface area contributed by atoms with Gasteiger partial charge >= 0.3 is 5.97 Å². The van der Waals surface area contributed by atoms with Crippen LogP contribution in [0.15, 0.2) is 11.6 Å². The maximum Gasteiger partial charge on any atom is 0.342 e. The summed E-state index contributed by atoms with van der Waals surface area (Å²) in [7, 11) is 1.54. The number of nitrogens with one attached hydrogen (secondary N) is 1. The number of esters is 1. The van der Waals surface area contributed by atoms with E-state index in [2.05, 4.69) is 15.5 Å². The normalized spacial score (nSPS) is 17.7. The molecule has 1 aromatic heterocycles. The van der Waals surface area contributed by atoms with Crippen molar-refractivity contribution in [3.63, 3.8) is 0 Å². The number of carbonyl (C=O) groups excluding carboxylic acids is 2. The lowest BCUT2D eigenvalue weighted by atomic mass is 9.94. The van der Waals surface area contributed by atoms with Gasteiger partial charge in [0.1, 0.15) is 34.8 Å². The van der Waals surface area contributed by atoms with Gasteiger partial charge in [-0.3, -0.25) is 4.79 Å². The molecule has 0 aliphatic carbocycles. The minimum absolute atomic E-state index is 0.0172. The van der Waals surface area contributed by atoms with Gasteiger partial charge in [-0.2, -0.15) is 0 Å². The molecule has 33 heavy (non-hydrogen) atoms. The topological polar surface area (TPSA) is 120 Å². The first-order valence-corrected chi connectivity index (χ1v) is 11.7. The van der Waals surface area contributed by atoms with Crippen LogP contribution >= 0.6 is 11.3 Å². The summed E-state index contributed by atoms with van der Waals surface area (Å²) < 4.78 is 16.2. The predicted molar refractivity (Wildman–Crippen MR) is 122 cm³/mol. The second-order valence-electron chi connectivity index (χ2n) is 8.16. The average molecular weight is 474 g/mol. The molecule has 0 spiro atoms. The number of fused-ring (bicyclic) bond motifs is 1. The minimum atomic E-state index is -0.522. The lowest BCUT2D eigenvalue weighted by Gasteiger charge is -2.15. The summed E-state index contributed by atoms with van der Waals surface area (Å²) in [5.41, 5.74) is 3.18. The molecule has 0 radical (unpaired) electrons. The highest BCUT2D eigenvalue weighted by atomic mass is 32.1. The van der Waals surface area contributed by atoms with Gasteiger partial charge in [-0.25, -0.2) is 4.79 Å². The number of nitrogens with zero attached hydrogens (tertiary/aromatic N) is 2. The van der Waals surface area contributed by atoms with Gasteiger partial charge < -0.3 is 24.6 Å². The van der Waals surface area contributed by atoms with E-state index >= 15 is 0 Å². The molecule has 1 fully saturated rings. The Hall–Kier alpha value is -2.98. The van der Waals surface area contributed by atoms with E-state index < -0.39 is 5.97 Å². The highest BCUT2D eigenvalue weighted by Crippen LogP contribution is 2.42. The molecule has 10 heteroatoms. The van der Waals surface area contributed by atoms with E-state index in [0.717, 1.165) is 35.6 Å². The molecular weight excluding hydrogens is 446 g/mol. The molecule has 1 atom stereocenters. The predicted octanol–water partition coefficient (Wildman–Crippen LogP) is 3.99. The van der Waals surface area contributed by atoms with E-state index in [1.807, 2.05) is 19.9 Å². The Morgan fingerprint density at radius 1 is 1.36 bits per heavy atom. The van der Waals surface area contributed by atoms with Gasteiger partial charge in [0, 0.05) is 24.2 Å². The molecule has 3 heterocycles. The Balaban J connectivity index is 1.36. The number of phenols is 1. The second-order valence-corrected chi connectivity index (χ2v) is 9.17. The number of amides is 1. The van der Waals surface area contributed by atoms with Gasteiger partial charge in [0.05, 0.1) is 7.11 Å². The molecule has 2 N–H and O–H groups in total. The molecular formula is C23H27N3O6S. The van der Waals surface area contributed by atoms with Gasteiger partial charge in [0.2, 0.25) is 11.0 Å². The number of rotatable bonds is 8. The summed E-state index contributed by atoms with van der Waals surface area (Å²) in [4.78, 5) is 24.4. The smallest absolute Gasteiger partial charge is 0.342 e. The van der Waals surface area contributed by atoms with E-state index in [9.17, 15) is 14.7 Å². The molecule has 1 amide bonds. The molecule has 176 valence electrons. The summed E-state index contributed by atoms with van der Waals surface area (Å²) in [5.74, 6) is -0.222. The van der Waals surface area contributed by atoms with Crippen LogP contribution < -0.4 is 10.1 Å². The van der Waals surface area contributed by atoms with Crippen LogP contribution in [0.2, 0.25) is 0 Å². The van der Waals surface area contributed by atoms with E-state index in [4.69, 9.17) is 14.2 Å². The Bertz CT molecular complexity index is 1100. The summed E-state index contributed by atoms with van der Waals surface area (Å²) in [6.07, 6.45) is 5.04. The number of hydrogen-bond donors (Lipinski definition) is 2. The molecule has 0 unspecified atom stereocenters. The third kappa shape index (κ3) is 4.86. The molecule has 9 nitrogen and oxygen atoms in total. The number of hydrogen-bond acceptors (Lipinski definition) is 9. The van der Waals surface area contributed by atoms with Crippen molar-refractivity contribution >= 4 is 28.3 Å². The van der Waals surface area contributed by atoms with Crippen molar-refractivity contribution in [1.82, 2.24) is 10.2 Å². The quantitative estimate of drug-likeness (QED) is 0.436. The zero-order chi connectivity index (χ0) is 23.5. The molecule has 0 saturated carbocycles. The van der Waals surface area contributed by atoms with Crippen molar-refractivity contribution < 1.29 is 28.9 Å². The number of carbonyl (C=O) groups is 2. The monoisotopic (exact) mass is 473 g/mol. The SMILES string of the molecule is COc1c(C)c2c(c(O)c1C/C=C(\C)CCC(=O)Nc1nnc([C@H]3CCCO3)s1)C(=O)OC2. The molecule has 4 rings (SSSR count). The standard InChI is InChI=1S/C23H27N3O6S/c1-12(7-9-17(27)24-23-26-25-21(33-23)16-5-4-10-31-16)6-8-14-19(28)18-15(11-32-22(18)29)13(2)20(14)30-3/h6,16,28H,4-5,7-11H2,1-3H3,(H,24,26,27)/b12-6+/t16-/m1/s1. The van der Waals surface area contributed by atoms with Gasteiger partial charge in [-0.15, -0.1) is 10.2 Å². The first-order valence-electron chi connectivity index (χ1n) is 10.9. The fourth-order valence-corrected chi connectivity index (χ4v) is 4.93. The molecule has 2 aliphatic rings. The van der Waals surface area contributed by atoms with Crippen molar-refractivity contribution in [3.05, 3.63) is 38.9 Å². The van der Waals surface area contributed by atoms with E-state index in [0.29, 0.717) is 34.8 Å². The zero-order valence-corrected chi connectivity index (χ0v) is 19.7. The lowest BCUT2D eigenvalue weighted by molar-refractivity contribution is -0.116. The van der Waals surface area contributed by atoms with Crippen LogP contribution in [0.4, 0.5) is 5.13 Å².